The first kappa shape index (κ1) is 20.1. The molecule has 0 saturated heterocycles. The first-order valence-corrected chi connectivity index (χ1v) is 10.5. The first-order chi connectivity index (χ1) is 14.4. The van der Waals surface area contributed by atoms with E-state index in [-0.39, 0.29) is 17.2 Å². The fraction of sp³-hybridized carbons (Fsp3) is 0.350. The van der Waals surface area contributed by atoms with Crippen molar-refractivity contribution in [1.82, 2.24) is 19.7 Å². The molecular formula is C20H21N5O4S. The number of fused-ring (bicyclic) bond motifs is 1. The highest BCUT2D eigenvalue weighted by atomic mass is 32.2. The van der Waals surface area contributed by atoms with Gasteiger partial charge in [-0.25, -0.2) is 4.79 Å². The van der Waals surface area contributed by atoms with Crippen LogP contribution in [0, 0.1) is 6.92 Å². The number of hydrogen-bond donors (Lipinski definition) is 1. The number of carbonyl (C=O) groups excluding carboxylic acids is 1. The largest absolute Gasteiger partial charge is 0.416 e. The summed E-state index contributed by atoms with van der Waals surface area (Å²) < 4.78 is 6.65. The van der Waals surface area contributed by atoms with Gasteiger partial charge in [-0.1, -0.05) is 30.0 Å². The number of H-pyrrole nitrogens is 1. The van der Waals surface area contributed by atoms with Gasteiger partial charge in [0.2, 0.25) is 11.8 Å². The Morgan fingerprint density at radius 3 is 2.87 bits per heavy atom. The molecule has 0 aliphatic carbocycles. The molecule has 1 N–H and O–H groups in total. The van der Waals surface area contributed by atoms with Gasteiger partial charge in [0.05, 0.1) is 5.75 Å². The zero-order valence-corrected chi connectivity index (χ0v) is 17.5. The van der Waals surface area contributed by atoms with E-state index in [9.17, 15) is 14.4 Å². The molecule has 0 atom stereocenters. The molecule has 2 aromatic heterocycles. The minimum Gasteiger partial charge on any atom is -0.416 e. The van der Waals surface area contributed by atoms with E-state index in [1.807, 2.05) is 24.3 Å². The highest BCUT2D eigenvalue weighted by molar-refractivity contribution is 7.99. The first-order valence-electron chi connectivity index (χ1n) is 9.56. The smallest absolute Gasteiger partial charge is 0.328 e. The van der Waals surface area contributed by atoms with E-state index in [0.717, 1.165) is 16.7 Å². The number of hydrogen-bond acceptors (Lipinski definition) is 7. The zero-order chi connectivity index (χ0) is 21.3. The van der Waals surface area contributed by atoms with Crippen molar-refractivity contribution < 1.29 is 9.21 Å². The van der Waals surface area contributed by atoms with Crippen LogP contribution < -0.4 is 16.1 Å². The van der Waals surface area contributed by atoms with Crippen LogP contribution in [0.1, 0.15) is 22.7 Å². The third kappa shape index (κ3) is 3.95. The zero-order valence-electron chi connectivity index (χ0n) is 16.7. The Morgan fingerprint density at radius 2 is 2.03 bits per heavy atom. The van der Waals surface area contributed by atoms with Crippen LogP contribution in [-0.2, 0) is 31.1 Å². The van der Waals surface area contributed by atoms with Gasteiger partial charge in [0.15, 0.2) is 0 Å². The van der Waals surface area contributed by atoms with Gasteiger partial charge >= 0.3 is 5.69 Å². The number of aromatic amines is 1. The van der Waals surface area contributed by atoms with E-state index in [4.69, 9.17) is 4.42 Å². The second-order valence-electron chi connectivity index (χ2n) is 7.07. The Morgan fingerprint density at radius 1 is 1.23 bits per heavy atom. The Hall–Kier alpha value is -3.14. The Balaban J connectivity index is 1.35. The lowest BCUT2D eigenvalue weighted by molar-refractivity contribution is -0.116. The van der Waals surface area contributed by atoms with Gasteiger partial charge in [-0.05, 0) is 31.4 Å². The van der Waals surface area contributed by atoms with E-state index < -0.39 is 5.69 Å². The number of para-hydroxylation sites is 1. The average Bonchev–Trinajstić information content (AvgIpc) is 3.37. The SMILES string of the molecule is Cc1[nH]c(=O)n(C)c(=O)c1CCc1nnc(SCC(=O)N2CCc3ccccc32)o1. The molecule has 3 heterocycles. The minimum absolute atomic E-state index is 0.00272. The van der Waals surface area contributed by atoms with Crippen molar-refractivity contribution in [3.63, 3.8) is 0 Å². The Labute approximate surface area is 176 Å². The number of aryl methyl sites for hydroxylation is 2. The summed E-state index contributed by atoms with van der Waals surface area (Å²) in [6, 6.07) is 7.90. The molecule has 9 nitrogen and oxygen atoms in total. The predicted octanol–water partition coefficient (Wildman–Crippen LogP) is 1.23. The summed E-state index contributed by atoms with van der Waals surface area (Å²) in [5.41, 5.74) is 2.41. The molecule has 1 aliphatic heterocycles. The van der Waals surface area contributed by atoms with Gasteiger partial charge in [-0.15, -0.1) is 10.2 Å². The maximum absolute atomic E-state index is 12.6. The maximum Gasteiger partial charge on any atom is 0.328 e. The maximum atomic E-state index is 12.6. The molecule has 0 bridgehead atoms. The van der Waals surface area contributed by atoms with Crippen molar-refractivity contribution in [2.45, 2.75) is 31.4 Å². The number of nitrogens with zero attached hydrogens (tertiary/aromatic N) is 4. The van der Waals surface area contributed by atoms with E-state index in [0.29, 0.717) is 41.8 Å². The fourth-order valence-electron chi connectivity index (χ4n) is 3.50. The molecule has 3 aromatic rings. The molecule has 1 aromatic carbocycles. The van der Waals surface area contributed by atoms with Crippen LogP contribution in [0.5, 0.6) is 0 Å². The van der Waals surface area contributed by atoms with Gasteiger partial charge in [-0.2, -0.15) is 0 Å². The molecule has 1 amide bonds. The van der Waals surface area contributed by atoms with Crippen molar-refractivity contribution in [3.8, 4) is 0 Å². The quantitative estimate of drug-likeness (QED) is 0.589. The molecule has 10 heteroatoms. The van der Waals surface area contributed by atoms with Crippen LogP contribution in [0.4, 0.5) is 5.69 Å². The summed E-state index contributed by atoms with van der Waals surface area (Å²) in [7, 11) is 1.43. The minimum atomic E-state index is -0.442. The van der Waals surface area contributed by atoms with E-state index >= 15 is 0 Å². The summed E-state index contributed by atoms with van der Waals surface area (Å²) >= 11 is 1.20. The van der Waals surface area contributed by atoms with E-state index in [1.54, 1.807) is 11.8 Å². The van der Waals surface area contributed by atoms with Crippen molar-refractivity contribution in [3.05, 3.63) is 67.8 Å². The molecule has 0 radical (unpaired) electrons. The standard InChI is InChI=1S/C20H21N5O4S/c1-12-14(18(27)24(2)19(28)21-12)7-8-16-22-23-20(29-16)30-11-17(26)25-10-9-13-5-3-4-6-15(13)25/h3-6H,7-11H2,1-2H3,(H,21,28). The van der Waals surface area contributed by atoms with Crippen molar-refractivity contribution in [1.29, 1.82) is 0 Å². The molecular weight excluding hydrogens is 406 g/mol. The lowest BCUT2D eigenvalue weighted by Crippen LogP contribution is -2.36. The molecule has 0 saturated carbocycles. The Kier molecular flexibility index (Phi) is 5.58. The fourth-order valence-corrected chi connectivity index (χ4v) is 4.15. The van der Waals surface area contributed by atoms with Crippen LogP contribution in [0.3, 0.4) is 0 Å². The third-order valence-electron chi connectivity index (χ3n) is 5.16. The number of thioether (sulfide) groups is 1. The molecule has 30 heavy (non-hydrogen) atoms. The van der Waals surface area contributed by atoms with Gasteiger partial charge in [0.1, 0.15) is 0 Å². The lowest BCUT2D eigenvalue weighted by atomic mass is 10.1. The van der Waals surface area contributed by atoms with Gasteiger partial charge in [0, 0.05) is 37.0 Å². The number of aromatic nitrogens is 4. The highest BCUT2D eigenvalue weighted by Crippen LogP contribution is 2.28. The highest BCUT2D eigenvalue weighted by Gasteiger charge is 2.24. The number of rotatable bonds is 6. The van der Waals surface area contributed by atoms with Crippen LogP contribution in [0.15, 0.2) is 43.5 Å². The van der Waals surface area contributed by atoms with E-state index in [1.165, 1.54) is 24.4 Å². The molecule has 156 valence electrons. The average molecular weight is 427 g/mol. The van der Waals surface area contributed by atoms with Crippen molar-refractivity contribution >= 4 is 23.4 Å². The molecule has 0 unspecified atom stereocenters. The second-order valence-corrected chi connectivity index (χ2v) is 8.00. The van der Waals surface area contributed by atoms with E-state index in [2.05, 4.69) is 15.2 Å². The van der Waals surface area contributed by atoms with Gasteiger partial charge in [-0.3, -0.25) is 14.2 Å². The monoisotopic (exact) mass is 427 g/mol. The Bertz CT molecular complexity index is 1210. The molecule has 1 aliphatic rings. The van der Waals surface area contributed by atoms with Crippen LogP contribution in [0.25, 0.3) is 0 Å². The lowest BCUT2D eigenvalue weighted by Gasteiger charge is -2.16. The summed E-state index contributed by atoms with van der Waals surface area (Å²) in [4.78, 5) is 40.9. The molecule has 4 rings (SSSR count). The van der Waals surface area contributed by atoms with Crippen molar-refractivity contribution in [2.75, 3.05) is 17.2 Å². The normalized spacial score (nSPS) is 12.9. The summed E-state index contributed by atoms with van der Waals surface area (Å²) in [6.07, 6.45) is 1.59. The summed E-state index contributed by atoms with van der Waals surface area (Å²) in [6.45, 7) is 2.37. The number of carbonyl (C=O) groups is 1. The molecule has 0 fully saturated rings. The second kappa shape index (κ2) is 8.31. The van der Waals surface area contributed by atoms with Crippen molar-refractivity contribution in [2.24, 2.45) is 7.05 Å². The molecule has 0 spiro atoms. The van der Waals surface area contributed by atoms with Crippen LogP contribution in [-0.4, -0.2) is 38.0 Å². The van der Waals surface area contributed by atoms with Gasteiger partial charge in [0.25, 0.3) is 10.8 Å². The number of benzene rings is 1. The van der Waals surface area contributed by atoms with Crippen LogP contribution >= 0.6 is 11.8 Å². The summed E-state index contributed by atoms with van der Waals surface area (Å²) in [5, 5.41) is 8.30. The topological polar surface area (TPSA) is 114 Å². The van der Waals surface area contributed by atoms with Crippen LogP contribution in [0.2, 0.25) is 0 Å². The number of amides is 1. The third-order valence-corrected chi connectivity index (χ3v) is 5.96. The number of anilines is 1. The van der Waals surface area contributed by atoms with Gasteiger partial charge < -0.3 is 14.3 Å². The number of nitrogens with one attached hydrogen (secondary N) is 1. The predicted molar refractivity (Wildman–Crippen MR) is 112 cm³/mol. The summed E-state index contributed by atoms with van der Waals surface area (Å²) in [5.74, 6) is 0.580.